The van der Waals surface area contributed by atoms with Crippen LogP contribution < -0.4 is 5.30 Å². The van der Waals surface area contributed by atoms with Gasteiger partial charge in [-0.3, -0.25) is 4.57 Å². The van der Waals surface area contributed by atoms with Crippen LogP contribution in [0.3, 0.4) is 0 Å². The number of aryl methyl sites for hydroxylation is 1. The van der Waals surface area contributed by atoms with Crippen LogP contribution in [-0.4, -0.2) is 30.2 Å². The average Bonchev–Trinajstić information content (AvgIpc) is 2.45. The first-order valence-electron chi connectivity index (χ1n) is 6.72. The maximum atomic E-state index is 11.5. The van der Waals surface area contributed by atoms with E-state index in [-0.39, 0.29) is 29.9 Å². The highest BCUT2D eigenvalue weighted by molar-refractivity contribution is 7.60. The van der Waals surface area contributed by atoms with Crippen LogP contribution >= 0.6 is 7.60 Å². The second-order valence-electron chi connectivity index (χ2n) is 5.23. The minimum atomic E-state index is -4.79. The van der Waals surface area contributed by atoms with Crippen molar-refractivity contribution in [3.8, 4) is 11.5 Å². The Kier molecular flexibility index (Phi) is 4.79. The SMILES string of the molecule is O=P(O)(O)c1cc(O)ccc1C(O)(O)CCc1ccc(O)cc1. The van der Waals surface area contributed by atoms with Crippen molar-refractivity contribution >= 4 is 12.9 Å². The van der Waals surface area contributed by atoms with E-state index in [9.17, 15) is 34.8 Å². The van der Waals surface area contributed by atoms with Crippen LogP contribution in [-0.2, 0) is 16.8 Å². The molecule has 0 saturated heterocycles. The minimum absolute atomic E-state index is 0.0790. The lowest BCUT2D eigenvalue weighted by atomic mass is 9.97. The molecule has 0 aliphatic heterocycles. The molecule has 124 valence electrons. The largest absolute Gasteiger partial charge is 0.508 e. The zero-order valence-corrected chi connectivity index (χ0v) is 12.9. The molecule has 6 N–H and O–H groups in total. The lowest BCUT2D eigenvalue weighted by molar-refractivity contribution is -0.173. The molecule has 0 bridgehead atoms. The third-order valence-electron chi connectivity index (χ3n) is 3.43. The predicted octanol–water partition coefficient (Wildman–Crippen LogP) is 0.671. The third kappa shape index (κ3) is 4.31. The number of phenols is 2. The second-order valence-corrected chi connectivity index (χ2v) is 6.80. The van der Waals surface area contributed by atoms with E-state index in [1.807, 2.05) is 0 Å². The van der Waals surface area contributed by atoms with Gasteiger partial charge in [-0.05, 0) is 42.3 Å². The smallest absolute Gasteiger partial charge is 0.356 e. The Morgan fingerprint density at radius 3 is 2.04 bits per heavy atom. The Bertz CT molecular complexity index is 734. The molecule has 0 atom stereocenters. The van der Waals surface area contributed by atoms with Gasteiger partial charge in [-0.15, -0.1) is 0 Å². The van der Waals surface area contributed by atoms with Gasteiger partial charge in [0.15, 0.2) is 5.79 Å². The van der Waals surface area contributed by atoms with E-state index in [0.717, 1.165) is 18.2 Å². The van der Waals surface area contributed by atoms with Gasteiger partial charge in [-0.2, -0.15) is 0 Å². The van der Waals surface area contributed by atoms with Crippen LogP contribution in [0.1, 0.15) is 17.5 Å². The van der Waals surface area contributed by atoms with E-state index in [0.29, 0.717) is 5.56 Å². The zero-order chi connectivity index (χ0) is 17.3. The normalized spacial score (nSPS) is 12.3. The number of hydrogen-bond donors (Lipinski definition) is 6. The number of phenolic OH excluding ortho intramolecular Hbond substituents is 2. The molecular formula is C15H17O7P. The quantitative estimate of drug-likeness (QED) is 0.347. The van der Waals surface area contributed by atoms with Crippen LogP contribution in [0.25, 0.3) is 0 Å². The van der Waals surface area contributed by atoms with Crippen molar-refractivity contribution in [3.05, 3.63) is 53.6 Å². The molecule has 0 radical (unpaired) electrons. The summed E-state index contributed by atoms with van der Waals surface area (Å²) in [5.74, 6) is -2.79. The number of benzene rings is 2. The van der Waals surface area contributed by atoms with Gasteiger partial charge < -0.3 is 30.2 Å². The summed E-state index contributed by atoms with van der Waals surface area (Å²) in [6.45, 7) is 0. The van der Waals surface area contributed by atoms with Crippen molar-refractivity contribution in [1.82, 2.24) is 0 Å². The summed E-state index contributed by atoms with van der Waals surface area (Å²) in [5.41, 5.74) is 0.356. The molecule has 2 rings (SSSR count). The van der Waals surface area contributed by atoms with Crippen molar-refractivity contribution in [2.45, 2.75) is 18.6 Å². The molecule has 0 saturated carbocycles. The van der Waals surface area contributed by atoms with Crippen molar-refractivity contribution in [3.63, 3.8) is 0 Å². The van der Waals surface area contributed by atoms with Gasteiger partial charge in [0.25, 0.3) is 0 Å². The standard InChI is InChI=1S/C15H17O7P/c16-11-3-1-10(2-4-11)7-8-15(18,19)13-6-5-12(17)9-14(13)23(20,21)22/h1-6,9,16-19H,7-8H2,(H2,20,21,22). The van der Waals surface area contributed by atoms with E-state index in [4.69, 9.17) is 0 Å². The summed E-state index contributed by atoms with van der Waals surface area (Å²) in [6.07, 6.45) is -0.0235. The van der Waals surface area contributed by atoms with Gasteiger partial charge in [0, 0.05) is 12.0 Å². The Balaban J connectivity index is 2.28. The highest BCUT2D eigenvalue weighted by Gasteiger charge is 2.34. The molecule has 2 aromatic rings. The van der Waals surface area contributed by atoms with Gasteiger partial charge >= 0.3 is 7.60 Å². The summed E-state index contributed by atoms with van der Waals surface area (Å²) in [6, 6.07) is 9.12. The van der Waals surface area contributed by atoms with Crippen LogP contribution in [0.5, 0.6) is 11.5 Å². The van der Waals surface area contributed by atoms with Crippen molar-refractivity contribution < 1.29 is 34.8 Å². The lowest BCUT2D eigenvalue weighted by Gasteiger charge is -2.25. The monoisotopic (exact) mass is 340 g/mol. The van der Waals surface area contributed by atoms with Crippen LogP contribution in [0.2, 0.25) is 0 Å². The Morgan fingerprint density at radius 1 is 0.913 bits per heavy atom. The van der Waals surface area contributed by atoms with Gasteiger partial charge in [0.1, 0.15) is 11.5 Å². The highest BCUT2D eigenvalue weighted by Crippen LogP contribution is 2.39. The molecule has 0 aliphatic carbocycles. The van der Waals surface area contributed by atoms with E-state index in [1.165, 1.54) is 12.1 Å². The topological polar surface area (TPSA) is 138 Å². The van der Waals surface area contributed by atoms with Crippen LogP contribution in [0.15, 0.2) is 42.5 Å². The number of aromatic hydroxyl groups is 2. The summed E-state index contributed by atoms with van der Waals surface area (Å²) >= 11 is 0. The lowest BCUT2D eigenvalue weighted by Crippen LogP contribution is -2.32. The highest BCUT2D eigenvalue weighted by atomic mass is 31.2. The molecule has 0 amide bonds. The fourth-order valence-electron chi connectivity index (χ4n) is 2.22. The number of rotatable bonds is 5. The minimum Gasteiger partial charge on any atom is -0.508 e. The molecule has 23 heavy (non-hydrogen) atoms. The molecule has 0 fully saturated rings. The Hall–Kier alpha value is -1.89. The fraction of sp³-hybridized carbons (Fsp3) is 0.200. The van der Waals surface area contributed by atoms with E-state index >= 15 is 0 Å². The van der Waals surface area contributed by atoms with Crippen molar-refractivity contribution in [2.75, 3.05) is 0 Å². The van der Waals surface area contributed by atoms with Crippen LogP contribution in [0, 0.1) is 0 Å². The maximum absolute atomic E-state index is 11.5. The summed E-state index contributed by atoms with van der Waals surface area (Å²) < 4.78 is 11.5. The third-order valence-corrected chi connectivity index (χ3v) is 4.42. The Morgan fingerprint density at radius 2 is 1.48 bits per heavy atom. The maximum Gasteiger partial charge on any atom is 0.356 e. The first kappa shape index (κ1) is 17.5. The van der Waals surface area contributed by atoms with E-state index in [2.05, 4.69) is 0 Å². The number of aliphatic hydroxyl groups is 2. The second kappa shape index (κ2) is 6.31. The fourth-order valence-corrected chi connectivity index (χ4v) is 3.08. The first-order valence-corrected chi connectivity index (χ1v) is 8.33. The molecule has 8 heteroatoms. The summed E-state index contributed by atoms with van der Waals surface area (Å²) in [5, 5.41) is 38.4. The first-order chi connectivity index (χ1) is 10.6. The van der Waals surface area contributed by atoms with Crippen molar-refractivity contribution in [1.29, 1.82) is 0 Å². The molecule has 0 spiro atoms. The van der Waals surface area contributed by atoms with Gasteiger partial charge in [0.05, 0.1) is 5.30 Å². The van der Waals surface area contributed by atoms with Crippen LogP contribution in [0.4, 0.5) is 0 Å². The molecular weight excluding hydrogens is 323 g/mol. The van der Waals surface area contributed by atoms with E-state index < -0.39 is 18.7 Å². The molecule has 2 aromatic carbocycles. The predicted molar refractivity (Wildman–Crippen MR) is 82.3 cm³/mol. The summed E-state index contributed by atoms with van der Waals surface area (Å²) in [7, 11) is -4.79. The molecule has 0 aromatic heterocycles. The van der Waals surface area contributed by atoms with Gasteiger partial charge in [-0.1, -0.05) is 12.1 Å². The van der Waals surface area contributed by atoms with E-state index in [1.54, 1.807) is 12.1 Å². The number of hydrogen-bond acceptors (Lipinski definition) is 5. The average molecular weight is 340 g/mol. The molecule has 7 nitrogen and oxygen atoms in total. The molecule has 0 unspecified atom stereocenters. The van der Waals surface area contributed by atoms with Gasteiger partial charge in [0.2, 0.25) is 0 Å². The summed E-state index contributed by atoms with van der Waals surface area (Å²) in [4.78, 5) is 18.6. The molecule has 0 heterocycles. The zero-order valence-electron chi connectivity index (χ0n) is 12.0. The molecule has 0 aliphatic rings. The van der Waals surface area contributed by atoms with Gasteiger partial charge in [-0.25, -0.2) is 0 Å². The van der Waals surface area contributed by atoms with Crippen molar-refractivity contribution in [2.24, 2.45) is 0 Å². The Labute approximate surface area is 132 Å².